The van der Waals surface area contributed by atoms with Gasteiger partial charge in [0, 0.05) is 11.1 Å². The van der Waals surface area contributed by atoms with Gasteiger partial charge in [-0.25, -0.2) is 0 Å². The maximum Gasteiger partial charge on any atom is 0.127 e. The Morgan fingerprint density at radius 3 is 2.17 bits per heavy atom. The van der Waals surface area contributed by atoms with Gasteiger partial charge >= 0.3 is 0 Å². The van der Waals surface area contributed by atoms with Crippen LogP contribution < -0.4 is 9.47 Å². The third-order valence-electron chi connectivity index (χ3n) is 4.48. The van der Waals surface area contributed by atoms with Gasteiger partial charge in [0.25, 0.3) is 0 Å². The minimum Gasteiger partial charge on any atom is -0.496 e. The maximum absolute atomic E-state index is 5.76. The van der Waals surface area contributed by atoms with Gasteiger partial charge in [-0.15, -0.1) is 0 Å². The molecule has 0 bridgehead atoms. The number of aryl methyl sites for hydroxylation is 1. The fraction of sp³-hybridized carbons (Fsp3) is 0.273. The molecule has 0 amide bonds. The van der Waals surface area contributed by atoms with Crippen molar-refractivity contribution in [1.29, 1.82) is 0 Å². The molecule has 0 atom stereocenters. The minimum absolute atomic E-state index is 0.387. The van der Waals surface area contributed by atoms with E-state index in [0.717, 1.165) is 22.6 Å². The van der Waals surface area contributed by atoms with E-state index in [0.29, 0.717) is 5.92 Å². The summed E-state index contributed by atoms with van der Waals surface area (Å²) in [5, 5.41) is 2.38. The van der Waals surface area contributed by atoms with E-state index < -0.39 is 0 Å². The fourth-order valence-electron chi connectivity index (χ4n) is 3.34. The Balaban J connectivity index is 2.47. The molecule has 0 aliphatic rings. The highest BCUT2D eigenvalue weighted by Gasteiger charge is 2.20. The van der Waals surface area contributed by atoms with Crippen LogP contribution in [0.3, 0.4) is 0 Å². The largest absolute Gasteiger partial charge is 0.496 e. The lowest BCUT2D eigenvalue weighted by atomic mass is 9.87. The molecule has 2 heteroatoms. The Kier molecular flexibility index (Phi) is 4.48. The Hall–Kier alpha value is -2.48. The molecule has 0 spiro atoms. The van der Waals surface area contributed by atoms with Crippen LogP contribution in [0.25, 0.3) is 21.9 Å². The molecule has 3 aromatic rings. The van der Waals surface area contributed by atoms with Gasteiger partial charge in [-0.3, -0.25) is 0 Å². The van der Waals surface area contributed by atoms with E-state index in [9.17, 15) is 0 Å². The van der Waals surface area contributed by atoms with Crippen molar-refractivity contribution in [2.24, 2.45) is 0 Å². The second kappa shape index (κ2) is 6.56. The molecule has 124 valence electrons. The number of rotatable bonds is 4. The van der Waals surface area contributed by atoms with Crippen molar-refractivity contribution in [3.8, 4) is 22.6 Å². The highest BCUT2D eigenvalue weighted by molar-refractivity contribution is 6.02. The first kappa shape index (κ1) is 16.4. The maximum atomic E-state index is 5.76. The zero-order valence-electron chi connectivity index (χ0n) is 15.0. The number of hydrogen-bond acceptors (Lipinski definition) is 2. The summed E-state index contributed by atoms with van der Waals surface area (Å²) in [7, 11) is 3.46. The first-order chi connectivity index (χ1) is 11.6. The number of hydrogen-bond donors (Lipinski definition) is 0. The van der Waals surface area contributed by atoms with E-state index >= 15 is 0 Å². The lowest BCUT2D eigenvalue weighted by Gasteiger charge is -2.21. The molecular formula is C22H24O2. The van der Waals surface area contributed by atoms with Crippen LogP contribution in [0, 0.1) is 6.92 Å². The van der Waals surface area contributed by atoms with E-state index in [4.69, 9.17) is 9.47 Å². The second-order valence-corrected chi connectivity index (χ2v) is 6.45. The molecule has 0 unspecified atom stereocenters. The predicted octanol–water partition coefficient (Wildman–Crippen LogP) is 5.96. The number of fused-ring (bicyclic) bond motifs is 1. The van der Waals surface area contributed by atoms with Crippen molar-refractivity contribution in [3.63, 3.8) is 0 Å². The monoisotopic (exact) mass is 320 g/mol. The average molecular weight is 320 g/mol. The Bertz CT molecular complexity index is 879. The number of methoxy groups -OCH3 is 2. The molecule has 3 rings (SSSR count). The van der Waals surface area contributed by atoms with Gasteiger partial charge in [0.15, 0.2) is 0 Å². The molecule has 0 N–H and O–H groups in total. The van der Waals surface area contributed by atoms with E-state index in [1.54, 1.807) is 14.2 Å². The van der Waals surface area contributed by atoms with Crippen LogP contribution in [-0.4, -0.2) is 14.2 Å². The Morgan fingerprint density at radius 2 is 1.50 bits per heavy atom. The number of ether oxygens (including phenoxy) is 2. The third kappa shape index (κ3) is 2.73. The third-order valence-corrected chi connectivity index (χ3v) is 4.48. The summed E-state index contributed by atoms with van der Waals surface area (Å²) < 4.78 is 11.5. The quantitative estimate of drug-likeness (QED) is 0.591. The van der Waals surface area contributed by atoms with Crippen molar-refractivity contribution >= 4 is 10.8 Å². The van der Waals surface area contributed by atoms with Crippen molar-refractivity contribution in [2.75, 3.05) is 14.2 Å². The van der Waals surface area contributed by atoms with E-state index in [-0.39, 0.29) is 0 Å². The normalized spacial score (nSPS) is 11.1. The lowest BCUT2D eigenvalue weighted by molar-refractivity contribution is 0.410. The summed E-state index contributed by atoms with van der Waals surface area (Å²) in [6.45, 7) is 6.54. The zero-order valence-corrected chi connectivity index (χ0v) is 15.0. The first-order valence-corrected chi connectivity index (χ1v) is 8.31. The summed E-state index contributed by atoms with van der Waals surface area (Å²) in [6.07, 6.45) is 0. The van der Waals surface area contributed by atoms with Crippen LogP contribution in [0.15, 0.2) is 48.5 Å². The molecule has 0 aliphatic carbocycles. The van der Waals surface area contributed by atoms with Crippen molar-refractivity contribution < 1.29 is 9.47 Å². The molecule has 0 aromatic heterocycles. The SMILES string of the molecule is COc1cc(C)cc(C(C)C)c1-c1c(OC)ccc2ccccc12. The minimum atomic E-state index is 0.387. The molecule has 3 aromatic carbocycles. The predicted molar refractivity (Wildman–Crippen MR) is 101 cm³/mol. The topological polar surface area (TPSA) is 18.5 Å². The highest BCUT2D eigenvalue weighted by Crippen LogP contribution is 2.45. The van der Waals surface area contributed by atoms with Crippen LogP contribution in [0.4, 0.5) is 0 Å². The highest BCUT2D eigenvalue weighted by atomic mass is 16.5. The van der Waals surface area contributed by atoms with Crippen LogP contribution in [0.2, 0.25) is 0 Å². The van der Waals surface area contributed by atoms with Gasteiger partial charge in [0.05, 0.1) is 14.2 Å². The lowest BCUT2D eigenvalue weighted by Crippen LogP contribution is -2.00. The van der Waals surface area contributed by atoms with Crippen molar-refractivity contribution in [1.82, 2.24) is 0 Å². The molecule has 24 heavy (non-hydrogen) atoms. The van der Waals surface area contributed by atoms with E-state index in [1.807, 2.05) is 6.07 Å². The van der Waals surface area contributed by atoms with Crippen LogP contribution in [0.5, 0.6) is 11.5 Å². The molecule has 0 heterocycles. The molecule has 0 aliphatic heterocycles. The van der Waals surface area contributed by atoms with Gasteiger partial charge in [-0.2, -0.15) is 0 Å². The Morgan fingerprint density at radius 1 is 0.792 bits per heavy atom. The Labute approximate surface area is 144 Å². The molecule has 0 radical (unpaired) electrons. The van der Waals surface area contributed by atoms with Crippen molar-refractivity contribution in [3.05, 3.63) is 59.7 Å². The van der Waals surface area contributed by atoms with Gasteiger partial charge < -0.3 is 9.47 Å². The summed E-state index contributed by atoms with van der Waals surface area (Å²) >= 11 is 0. The average Bonchev–Trinajstić information content (AvgIpc) is 2.60. The van der Waals surface area contributed by atoms with E-state index in [1.165, 1.54) is 21.9 Å². The standard InChI is InChI=1S/C22H24O2/c1-14(2)18-12-15(3)13-20(24-5)22(18)21-17-9-7-6-8-16(17)10-11-19(21)23-4/h6-14H,1-5H3. The van der Waals surface area contributed by atoms with Crippen LogP contribution in [0.1, 0.15) is 30.9 Å². The molecule has 2 nitrogen and oxygen atoms in total. The second-order valence-electron chi connectivity index (χ2n) is 6.45. The first-order valence-electron chi connectivity index (χ1n) is 8.31. The smallest absolute Gasteiger partial charge is 0.127 e. The van der Waals surface area contributed by atoms with Gasteiger partial charge in [-0.1, -0.05) is 50.2 Å². The van der Waals surface area contributed by atoms with E-state index in [2.05, 4.69) is 63.2 Å². The summed E-state index contributed by atoms with van der Waals surface area (Å²) in [6, 6.07) is 16.9. The molecule has 0 fully saturated rings. The van der Waals surface area contributed by atoms with Gasteiger partial charge in [0.2, 0.25) is 0 Å². The molecule has 0 saturated heterocycles. The van der Waals surface area contributed by atoms with Gasteiger partial charge in [0.1, 0.15) is 11.5 Å². The summed E-state index contributed by atoms with van der Waals surface area (Å²) in [4.78, 5) is 0. The summed E-state index contributed by atoms with van der Waals surface area (Å²) in [5.41, 5.74) is 4.72. The van der Waals surface area contributed by atoms with Crippen LogP contribution in [-0.2, 0) is 0 Å². The van der Waals surface area contributed by atoms with Crippen LogP contribution >= 0.6 is 0 Å². The fourth-order valence-corrected chi connectivity index (χ4v) is 3.34. The molecular weight excluding hydrogens is 296 g/mol. The number of benzene rings is 3. The molecule has 0 saturated carbocycles. The van der Waals surface area contributed by atoms with Gasteiger partial charge in [-0.05, 0) is 46.9 Å². The van der Waals surface area contributed by atoms with Crippen molar-refractivity contribution in [2.45, 2.75) is 26.7 Å². The summed E-state index contributed by atoms with van der Waals surface area (Å²) in [5.74, 6) is 2.16. The zero-order chi connectivity index (χ0) is 17.3.